The Balaban J connectivity index is 1.49. The molecule has 158 valence electrons. The first-order valence-electron chi connectivity index (χ1n) is 11.4. The minimum atomic E-state index is -0.763. The Hall–Kier alpha value is -1.26. The van der Waals surface area contributed by atoms with Gasteiger partial charge in [-0.2, -0.15) is 0 Å². The molecule has 5 rings (SSSR count). The molecule has 1 aromatic rings. The molecule has 4 heteroatoms. The zero-order valence-electron chi connectivity index (χ0n) is 17.9. The van der Waals surface area contributed by atoms with E-state index in [1.807, 2.05) is 0 Å². The maximum absolute atomic E-state index is 13.9. The summed E-state index contributed by atoms with van der Waals surface area (Å²) < 4.78 is 13.9. The molecule has 4 aliphatic carbocycles. The molecule has 0 amide bonds. The third-order valence-corrected chi connectivity index (χ3v) is 9.83. The van der Waals surface area contributed by atoms with E-state index in [-0.39, 0.29) is 28.7 Å². The monoisotopic (exact) mass is 399 g/mol. The number of hydrogen-bond donors (Lipinski definition) is 2. The maximum Gasteiger partial charge on any atom is 0.142 e. The number of rotatable bonds is 1. The van der Waals surface area contributed by atoms with Gasteiger partial charge in [-0.25, -0.2) is 4.39 Å². The van der Waals surface area contributed by atoms with Crippen LogP contribution in [0.1, 0.15) is 71.3 Å². The van der Waals surface area contributed by atoms with Crippen LogP contribution in [0.2, 0.25) is 0 Å². The Morgan fingerprint density at radius 3 is 2.69 bits per heavy atom. The molecule has 0 bridgehead atoms. The van der Waals surface area contributed by atoms with Crippen molar-refractivity contribution in [2.24, 2.45) is 34.5 Å². The fourth-order valence-electron chi connectivity index (χ4n) is 8.23. The number of aliphatic hydroxyl groups is 2. The molecule has 0 aromatic carbocycles. The standard InChI is InChI=1S/C25H34FNO2/c1-15-10-19-21-5-4-20(16-11-17(26)14-27-13-16)23(21,2)8-7-22(19)24(3)9-6-18(28)12-25(15,24)29/h4,11,13-15,18-19,21-22,28-29H,5-10,12H2,1-3H3/t15?,18-,19-,21-,22-,23+,24+,25?/m0/s1. The van der Waals surface area contributed by atoms with E-state index < -0.39 is 5.60 Å². The van der Waals surface area contributed by atoms with Gasteiger partial charge in [0, 0.05) is 12.6 Å². The molecule has 0 saturated heterocycles. The second-order valence-corrected chi connectivity index (χ2v) is 11.0. The van der Waals surface area contributed by atoms with E-state index in [0.717, 1.165) is 44.1 Å². The van der Waals surface area contributed by atoms with Crippen molar-refractivity contribution < 1.29 is 14.6 Å². The van der Waals surface area contributed by atoms with Crippen LogP contribution in [0.5, 0.6) is 0 Å². The van der Waals surface area contributed by atoms with Crippen LogP contribution in [-0.2, 0) is 0 Å². The lowest BCUT2D eigenvalue weighted by atomic mass is 9.41. The number of allylic oxidation sites excluding steroid dienone is 2. The minimum Gasteiger partial charge on any atom is -0.393 e. The summed E-state index contributed by atoms with van der Waals surface area (Å²) in [7, 11) is 0. The molecule has 3 saturated carbocycles. The number of fused-ring (bicyclic) bond motifs is 5. The number of halogens is 1. The summed E-state index contributed by atoms with van der Waals surface area (Å²) in [6.07, 6.45) is 11.5. The molecular formula is C25H34FNO2. The number of hydrogen-bond acceptors (Lipinski definition) is 3. The molecule has 1 aromatic heterocycles. The summed E-state index contributed by atoms with van der Waals surface area (Å²) in [5, 5.41) is 22.1. The zero-order valence-corrected chi connectivity index (χ0v) is 17.9. The zero-order chi connectivity index (χ0) is 20.6. The van der Waals surface area contributed by atoms with Crippen molar-refractivity contribution in [3.05, 3.63) is 35.9 Å². The van der Waals surface area contributed by atoms with Gasteiger partial charge >= 0.3 is 0 Å². The molecular weight excluding hydrogens is 365 g/mol. The fraction of sp³-hybridized carbons (Fsp3) is 0.720. The molecule has 3 nitrogen and oxygen atoms in total. The van der Waals surface area contributed by atoms with Crippen LogP contribution in [-0.4, -0.2) is 26.9 Å². The van der Waals surface area contributed by atoms with E-state index in [1.165, 1.54) is 11.8 Å². The summed E-state index contributed by atoms with van der Waals surface area (Å²) in [5.41, 5.74) is 1.36. The Morgan fingerprint density at radius 2 is 1.93 bits per heavy atom. The Labute approximate surface area is 173 Å². The van der Waals surface area contributed by atoms with Gasteiger partial charge in [-0.1, -0.05) is 26.8 Å². The van der Waals surface area contributed by atoms with Crippen molar-refractivity contribution >= 4 is 5.57 Å². The first kappa shape index (κ1) is 19.7. The topological polar surface area (TPSA) is 53.4 Å². The van der Waals surface area contributed by atoms with Crippen molar-refractivity contribution in [1.29, 1.82) is 0 Å². The molecule has 0 spiro atoms. The fourth-order valence-corrected chi connectivity index (χ4v) is 8.23. The molecule has 2 unspecified atom stereocenters. The van der Waals surface area contributed by atoms with Gasteiger partial charge in [0.1, 0.15) is 5.82 Å². The van der Waals surface area contributed by atoms with Crippen LogP contribution >= 0.6 is 0 Å². The van der Waals surface area contributed by atoms with E-state index in [4.69, 9.17) is 0 Å². The van der Waals surface area contributed by atoms with Crippen LogP contribution in [0.4, 0.5) is 4.39 Å². The van der Waals surface area contributed by atoms with E-state index in [0.29, 0.717) is 24.2 Å². The molecule has 3 fully saturated rings. The highest BCUT2D eigenvalue weighted by molar-refractivity contribution is 5.72. The average Bonchev–Trinajstić information content (AvgIpc) is 3.02. The number of aromatic nitrogens is 1. The smallest absolute Gasteiger partial charge is 0.142 e. The lowest BCUT2D eigenvalue weighted by Crippen LogP contribution is -2.66. The molecule has 0 aliphatic heterocycles. The van der Waals surface area contributed by atoms with Gasteiger partial charge < -0.3 is 10.2 Å². The molecule has 4 aliphatic rings. The highest BCUT2D eigenvalue weighted by atomic mass is 19.1. The normalized spacial score (nSPS) is 49.0. The van der Waals surface area contributed by atoms with Gasteiger partial charge in [-0.3, -0.25) is 4.98 Å². The molecule has 2 N–H and O–H groups in total. The summed E-state index contributed by atoms with van der Waals surface area (Å²) >= 11 is 0. The molecule has 1 heterocycles. The Bertz CT molecular complexity index is 855. The van der Waals surface area contributed by atoms with E-state index in [9.17, 15) is 14.6 Å². The van der Waals surface area contributed by atoms with Crippen LogP contribution in [0, 0.1) is 40.3 Å². The molecule has 0 radical (unpaired) electrons. The lowest BCUT2D eigenvalue weighted by Gasteiger charge is -2.66. The van der Waals surface area contributed by atoms with Gasteiger partial charge in [-0.15, -0.1) is 0 Å². The maximum atomic E-state index is 13.9. The third kappa shape index (κ3) is 2.57. The van der Waals surface area contributed by atoms with E-state index in [1.54, 1.807) is 12.3 Å². The van der Waals surface area contributed by atoms with E-state index >= 15 is 0 Å². The van der Waals surface area contributed by atoms with Gasteiger partial charge in [0.25, 0.3) is 0 Å². The van der Waals surface area contributed by atoms with Crippen molar-refractivity contribution in [3.8, 4) is 0 Å². The van der Waals surface area contributed by atoms with Crippen molar-refractivity contribution in [2.75, 3.05) is 0 Å². The van der Waals surface area contributed by atoms with Gasteiger partial charge in [-0.05, 0) is 90.2 Å². The predicted molar refractivity (Wildman–Crippen MR) is 111 cm³/mol. The lowest BCUT2D eigenvalue weighted by molar-refractivity contribution is -0.241. The summed E-state index contributed by atoms with van der Waals surface area (Å²) in [5.74, 6) is 1.52. The third-order valence-electron chi connectivity index (χ3n) is 9.83. The van der Waals surface area contributed by atoms with Crippen LogP contribution in [0.25, 0.3) is 5.57 Å². The van der Waals surface area contributed by atoms with Crippen LogP contribution in [0.3, 0.4) is 0 Å². The van der Waals surface area contributed by atoms with E-state index in [2.05, 4.69) is 31.8 Å². The summed E-state index contributed by atoms with van der Waals surface area (Å²) in [6.45, 7) is 6.86. The van der Waals surface area contributed by atoms with Gasteiger partial charge in [0.2, 0.25) is 0 Å². The minimum absolute atomic E-state index is 0.0519. The average molecular weight is 400 g/mol. The number of pyridine rings is 1. The predicted octanol–water partition coefficient (Wildman–Crippen LogP) is 4.98. The summed E-state index contributed by atoms with van der Waals surface area (Å²) in [4.78, 5) is 4.10. The summed E-state index contributed by atoms with van der Waals surface area (Å²) in [6, 6.07) is 1.63. The van der Waals surface area contributed by atoms with Gasteiger partial charge in [0.15, 0.2) is 0 Å². The highest BCUT2D eigenvalue weighted by Gasteiger charge is 2.65. The van der Waals surface area contributed by atoms with Crippen molar-refractivity contribution in [3.63, 3.8) is 0 Å². The van der Waals surface area contributed by atoms with Crippen LogP contribution < -0.4 is 0 Å². The SMILES string of the molecule is CC1C[C@H]2[C@@H]3CC=C(c4cncc(F)c4)[C@@]3(C)CC[C@@H]2[C@@]2(C)CC[C@H](O)CC12O. The highest BCUT2D eigenvalue weighted by Crippen LogP contribution is 2.69. The molecule has 29 heavy (non-hydrogen) atoms. The second kappa shape index (κ2) is 6.37. The number of nitrogens with zero attached hydrogens (tertiary/aromatic N) is 1. The Kier molecular flexibility index (Phi) is 4.32. The first-order chi connectivity index (χ1) is 13.7. The van der Waals surface area contributed by atoms with Crippen LogP contribution in [0.15, 0.2) is 24.5 Å². The Morgan fingerprint density at radius 1 is 1.14 bits per heavy atom. The quantitative estimate of drug-likeness (QED) is 0.700. The number of aliphatic hydroxyl groups excluding tert-OH is 1. The van der Waals surface area contributed by atoms with Crippen molar-refractivity contribution in [2.45, 2.75) is 77.4 Å². The largest absolute Gasteiger partial charge is 0.393 e. The van der Waals surface area contributed by atoms with Crippen molar-refractivity contribution in [1.82, 2.24) is 4.98 Å². The van der Waals surface area contributed by atoms with Gasteiger partial charge in [0.05, 0.1) is 17.9 Å². The second-order valence-electron chi connectivity index (χ2n) is 11.0. The molecule has 8 atom stereocenters. The first-order valence-corrected chi connectivity index (χ1v) is 11.4.